The zero-order chi connectivity index (χ0) is 21.0. The van der Waals surface area contributed by atoms with Gasteiger partial charge in [-0.2, -0.15) is 0 Å². The van der Waals surface area contributed by atoms with E-state index in [-0.39, 0.29) is 12.3 Å². The lowest BCUT2D eigenvalue weighted by molar-refractivity contribution is -0.137. The highest BCUT2D eigenvalue weighted by atomic mass is 35.5. The van der Waals surface area contributed by atoms with Crippen molar-refractivity contribution < 1.29 is 19.4 Å². The van der Waals surface area contributed by atoms with Crippen molar-refractivity contribution in [2.45, 2.75) is 57.0 Å². The topological polar surface area (TPSA) is 105 Å². The molecule has 2 aliphatic rings. The number of ether oxygens (including phenoxy) is 1. The fraction of sp³-hybridized carbons (Fsp3) is 0.619. The van der Waals surface area contributed by atoms with Crippen LogP contribution in [0.1, 0.15) is 55.3 Å². The minimum absolute atomic E-state index is 0.210. The Morgan fingerprint density at radius 2 is 2.00 bits per heavy atom. The second-order valence-corrected chi connectivity index (χ2v) is 8.50. The summed E-state index contributed by atoms with van der Waals surface area (Å²) in [7, 11) is 1.50. The Morgan fingerprint density at radius 3 is 2.62 bits per heavy atom. The largest absolute Gasteiger partial charge is 0.496 e. The first-order chi connectivity index (χ1) is 13.9. The molecule has 8 heteroatoms. The molecule has 2 unspecified atom stereocenters. The Hall–Kier alpha value is -1.99. The second-order valence-electron chi connectivity index (χ2n) is 8.10. The molecule has 7 nitrogen and oxygen atoms in total. The fourth-order valence-electron chi connectivity index (χ4n) is 4.78. The van der Waals surface area contributed by atoms with Gasteiger partial charge in [0.2, 0.25) is 0 Å². The van der Waals surface area contributed by atoms with Crippen LogP contribution >= 0.6 is 11.6 Å². The lowest BCUT2D eigenvalue weighted by Gasteiger charge is -2.49. The number of nitrogen functional groups attached to an aromatic ring is 1. The zero-order valence-corrected chi connectivity index (χ0v) is 17.6. The third-order valence-electron chi connectivity index (χ3n) is 6.15. The average Bonchev–Trinajstić information content (AvgIpc) is 2.67. The van der Waals surface area contributed by atoms with E-state index in [4.69, 9.17) is 27.2 Å². The number of aliphatic carboxylic acids is 1. The standard InChI is InChI=1S/C21H30ClN3O4/c1-29-19-11-18(23)17(22)10-16(19)21(28)24-12-13-8-14-4-2-5-15(9-13)25(14)7-3-6-20(26)27/h10-11,13-15H,2-9,12,23H2,1H3,(H,24,28)(H,26,27). The van der Waals surface area contributed by atoms with Gasteiger partial charge in [-0.1, -0.05) is 18.0 Å². The number of nitrogens with one attached hydrogen (secondary N) is 1. The minimum atomic E-state index is -0.731. The second kappa shape index (κ2) is 9.67. The van der Waals surface area contributed by atoms with Crippen LogP contribution < -0.4 is 15.8 Å². The summed E-state index contributed by atoms with van der Waals surface area (Å²) in [6, 6.07) is 4.08. The number of carboxylic acid groups (broad SMARTS) is 1. The molecular weight excluding hydrogens is 394 g/mol. The van der Waals surface area contributed by atoms with Gasteiger partial charge in [0, 0.05) is 31.1 Å². The summed E-state index contributed by atoms with van der Waals surface area (Å²) in [5.41, 5.74) is 6.56. The smallest absolute Gasteiger partial charge is 0.303 e. The number of nitrogens with two attached hydrogens (primary N) is 1. The van der Waals surface area contributed by atoms with Gasteiger partial charge in [-0.3, -0.25) is 14.5 Å². The van der Waals surface area contributed by atoms with Crippen LogP contribution in [0, 0.1) is 5.92 Å². The van der Waals surface area contributed by atoms with Crippen LogP contribution in [0.25, 0.3) is 0 Å². The minimum Gasteiger partial charge on any atom is -0.496 e. The molecule has 2 aliphatic heterocycles. The molecule has 3 rings (SSSR count). The summed E-state index contributed by atoms with van der Waals surface area (Å²) in [6.45, 7) is 1.46. The van der Waals surface area contributed by atoms with E-state index < -0.39 is 5.97 Å². The number of hydrogen-bond acceptors (Lipinski definition) is 5. The predicted molar refractivity (Wildman–Crippen MR) is 112 cm³/mol. The van der Waals surface area contributed by atoms with E-state index in [1.807, 2.05) is 0 Å². The molecule has 0 aromatic heterocycles. The van der Waals surface area contributed by atoms with Gasteiger partial charge in [0.25, 0.3) is 5.91 Å². The molecule has 29 heavy (non-hydrogen) atoms. The van der Waals surface area contributed by atoms with Gasteiger partial charge in [0.1, 0.15) is 5.75 Å². The SMILES string of the molecule is COc1cc(N)c(Cl)cc1C(=O)NCC1CC2CCCC(C1)N2CCCC(=O)O. The van der Waals surface area contributed by atoms with Crippen molar-refractivity contribution >= 4 is 29.2 Å². The van der Waals surface area contributed by atoms with Crippen LogP contribution in [0.4, 0.5) is 5.69 Å². The highest BCUT2D eigenvalue weighted by Gasteiger charge is 2.37. The molecule has 2 fully saturated rings. The van der Waals surface area contributed by atoms with Gasteiger partial charge in [0.05, 0.1) is 23.4 Å². The highest BCUT2D eigenvalue weighted by Crippen LogP contribution is 2.37. The number of carboxylic acids is 1. The average molecular weight is 424 g/mol. The highest BCUT2D eigenvalue weighted by molar-refractivity contribution is 6.33. The van der Waals surface area contributed by atoms with Crippen LogP contribution in [0.5, 0.6) is 5.75 Å². The van der Waals surface area contributed by atoms with Gasteiger partial charge in [-0.25, -0.2) is 0 Å². The summed E-state index contributed by atoms with van der Waals surface area (Å²) in [6.07, 6.45) is 6.51. The molecule has 0 spiro atoms. The van der Waals surface area contributed by atoms with Crippen molar-refractivity contribution in [1.82, 2.24) is 10.2 Å². The quantitative estimate of drug-likeness (QED) is 0.555. The van der Waals surface area contributed by atoms with E-state index in [1.165, 1.54) is 13.5 Å². The van der Waals surface area contributed by atoms with E-state index in [2.05, 4.69) is 10.2 Å². The lowest BCUT2D eigenvalue weighted by atomic mass is 9.78. The number of hydrogen-bond donors (Lipinski definition) is 3. The van der Waals surface area contributed by atoms with Crippen LogP contribution in [0.15, 0.2) is 12.1 Å². The summed E-state index contributed by atoms with van der Waals surface area (Å²) in [5, 5.41) is 12.3. The number of piperidine rings is 2. The van der Waals surface area contributed by atoms with Crippen molar-refractivity contribution in [3.05, 3.63) is 22.7 Å². The molecule has 2 heterocycles. The summed E-state index contributed by atoms with van der Waals surface area (Å²) >= 11 is 6.07. The van der Waals surface area contributed by atoms with Crippen LogP contribution in [0.2, 0.25) is 5.02 Å². The van der Waals surface area contributed by atoms with Crippen LogP contribution in [-0.2, 0) is 4.79 Å². The number of fused-ring (bicyclic) bond motifs is 2. The number of benzene rings is 1. The molecule has 0 radical (unpaired) electrons. The molecule has 4 N–H and O–H groups in total. The molecule has 1 amide bonds. The van der Waals surface area contributed by atoms with Gasteiger partial charge in [-0.15, -0.1) is 0 Å². The molecule has 2 bridgehead atoms. The van der Waals surface area contributed by atoms with Crippen molar-refractivity contribution in [2.75, 3.05) is 25.9 Å². The molecule has 0 saturated carbocycles. The summed E-state index contributed by atoms with van der Waals surface area (Å²) in [5.74, 6) is -0.113. The number of methoxy groups -OCH3 is 1. The number of anilines is 1. The van der Waals surface area contributed by atoms with Crippen LogP contribution in [0.3, 0.4) is 0 Å². The predicted octanol–water partition coefficient (Wildman–Crippen LogP) is 3.16. The van der Waals surface area contributed by atoms with E-state index in [0.29, 0.717) is 53.0 Å². The molecule has 2 saturated heterocycles. The number of halogens is 1. The van der Waals surface area contributed by atoms with E-state index in [1.54, 1.807) is 12.1 Å². The first kappa shape index (κ1) is 21.7. The third kappa shape index (κ3) is 5.34. The summed E-state index contributed by atoms with van der Waals surface area (Å²) < 4.78 is 5.28. The Kier molecular flexibility index (Phi) is 7.24. The van der Waals surface area contributed by atoms with Crippen molar-refractivity contribution in [3.63, 3.8) is 0 Å². The molecule has 160 valence electrons. The van der Waals surface area contributed by atoms with Crippen molar-refractivity contribution in [1.29, 1.82) is 0 Å². The van der Waals surface area contributed by atoms with Gasteiger partial charge in [-0.05, 0) is 50.6 Å². The van der Waals surface area contributed by atoms with Gasteiger partial charge < -0.3 is 20.9 Å². The number of carbonyl (C=O) groups excluding carboxylic acids is 1. The summed E-state index contributed by atoms with van der Waals surface area (Å²) in [4.78, 5) is 26.0. The van der Waals surface area contributed by atoms with Crippen molar-refractivity contribution in [3.8, 4) is 5.75 Å². The van der Waals surface area contributed by atoms with Gasteiger partial charge >= 0.3 is 5.97 Å². The number of nitrogens with zero attached hydrogens (tertiary/aromatic N) is 1. The Morgan fingerprint density at radius 1 is 1.31 bits per heavy atom. The van der Waals surface area contributed by atoms with Gasteiger partial charge in [0.15, 0.2) is 0 Å². The lowest BCUT2D eigenvalue weighted by Crippen LogP contribution is -2.53. The zero-order valence-electron chi connectivity index (χ0n) is 16.8. The Balaban J connectivity index is 1.56. The number of carbonyl (C=O) groups is 2. The third-order valence-corrected chi connectivity index (χ3v) is 6.47. The maximum atomic E-state index is 12.7. The first-order valence-corrected chi connectivity index (χ1v) is 10.7. The fourth-order valence-corrected chi connectivity index (χ4v) is 4.95. The van der Waals surface area contributed by atoms with E-state index >= 15 is 0 Å². The molecule has 1 aromatic rings. The normalized spacial score (nSPS) is 24.1. The Bertz CT molecular complexity index is 744. The number of amides is 1. The van der Waals surface area contributed by atoms with Crippen LogP contribution in [-0.4, -0.2) is 54.2 Å². The maximum absolute atomic E-state index is 12.7. The van der Waals surface area contributed by atoms with E-state index in [9.17, 15) is 9.59 Å². The molecule has 1 aromatic carbocycles. The number of rotatable bonds is 8. The first-order valence-electron chi connectivity index (χ1n) is 10.3. The molecular formula is C21H30ClN3O4. The maximum Gasteiger partial charge on any atom is 0.303 e. The Labute approximate surface area is 176 Å². The van der Waals surface area contributed by atoms with Crippen molar-refractivity contribution in [2.24, 2.45) is 5.92 Å². The van der Waals surface area contributed by atoms with E-state index in [0.717, 1.165) is 32.2 Å². The monoisotopic (exact) mass is 423 g/mol. The molecule has 2 atom stereocenters. The molecule has 0 aliphatic carbocycles.